The summed E-state index contributed by atoms with van der Waals surface area (Å²) in [5.41, 5.74) is 9.95. The highest BCUT2D eigenvalue weighted by atomic mass is 16.5. The second kappa shape index (κ2) is 8.66. The van der Waals surface area contributed by atoms with Gasteiger partial charge < -0.3 is 10.5 Å². The Morgan fingerprint density at radius 1 is 1.16 bits per heavy atom. The van der Waals surface area contributed by atoms with Crippen molar-refractivity contribution in [1.29, 1.82) is 5.26 Å². The van der Waals surface area contributed by atoms with Crippen LogP contribution < -0.4 is 5.73 Å². The number of para-hydroxylation sites is 1. The molecule has 1 heterocycles. The lowest BCUT2D eigenvalue weighted by Crippen LogP contribution is -2.36. The van der Waals surface area contributed by atoms with Gasteiger partial charge in [-0.15, -0.1) is 0 Å². The summed E-state index contributed by atoms with van der Waals surface area (Å²) in [6.45, 7) is 4.48. The quantitative estimate of drug-likeness (QED) is 0.820. The zero-order chi connectivity index (χ0) is 17.5. The molecule has 4 heteroatoms. The van der Waals surface area contributed by atoms with Gasteiger partial charge in [-0.25, -0.2) is 0 Å². The number of nitriles is 1. The molecule has 0 radical (unpaired) electrons. The van der Waals surface area contributed by atoms with Crippen LogP contribution in [-0.2, 0) is 17.9 Å². The smallest absolute Gasteiger partial charge is 0.0991 e. The predicted molar refractivity (Wildman–Crippen MR) is 99.7 cm³/mol. The number of hydrogen-bond acceptors (Lipinski definition) is 4. The van der Waals surface area contributed by atoms with Crippen molar-refractivity contribution in [2.75, 3.05) is 25.4 Å². The van der Waals surface area contributed by atoms with Crippen molar-refractivity contribution in [1.82, 2.24) is 4.90 Å². The topological polar surface area (TPSA) is 62.3 Å². The van der Waals surface area contributed by atoms with Crippen LogP contribution in [0.3, 0.4) is 0 Å². The highest BCUT2D eigenvalue weighted by Crippen LogP contribution is 2.21. The minimum atomic E-state index is 0.567. The van der Waals surface area contributed by atoms with Crippen molar-refractivity contribution >= 4 is 5.69 Å². The number of piperidine rings is 1. The van der Waals surface area contributed by atoms with Gasteiger partial charge in [-0.1, -0.05) is 30.3 Å². The molecular weight excluding hydrogens is 310 g/mol. The van der Waals surface area contributed by atoms with Crippen molar-refractivity contribution in [3.05, 3.63) is 65.2 Å². The Labute approximate surface area is 149 Å². The second-order valence-corrected chi connectivity index (χ2v) is 6.77. The van der Waals surface area contributed by atoms with Gasteiger partial charge in [-0.3, -0.25) is 4.90 Å². The molecule has 2 aromatic carbocycles. The third-order valence-corrected chi connectivity index (χ3v) is 4.76. The van der Waals surface area contributed by atoms with Crippen LogP contribution in [0.4, 0.5) is 5.69 Å². The summed E-state index contributed by atoms with van der Waals surface area (Å²) in [5.74, 6) is 0.567. The van der Waals surface area contributed by atoms with Gasteiger partial charge in [0.2, 0.25) is 0 Å². The summed E-state index contributed by atoms with van der Waals surface area (Å²) in [5, 5.41) is 8.83. The molecule has 1 fully saturated rings. The van der Waals surface area contributed by atoms with E-state index in [0.29, 0.717) is 18.1 Å². The fourth-order valence-corrected chi connectivity index (χ4v) is 3.37. The van der Waals surface area contributed by atoms with Crippen LogP contribution in [-0.4, -0.2) is 24.6 Å². The molecule has 4 nitrogen and oxygen atoms in total. The first-order chi connectivity index (χ1) is 12.2. The number of nitrogen functional groups attached to an aromatic ring is 1. The van der Waals surface area contributed by atoms with Crippen LogP contribution in [0.5, 0.6) is 0 Å². The summed E-state index contributed by atoms with van der Waals surface area (Å²) in [6.07, 6.45) is 2.42. The molecule has 25 heavy (non-hydrogen) atoms. The standard InChI is InChI=1S/C21H25N3O/c22-12-17-7-9-18(10-8-17)15-25-16-19-4-3-11-24(13-19)14-20-5-1-2-6-21(20)23/h1-2,5-10,19H,3-4,11,13-16,23H2. The van der Waals surface area contributed by atoms with Crippen molar-refractivity contribution in [2.24, 2.45) is 5.92 Å². The molecule has 1 aliphatic heterocycles. The number of ether oxygens (including phenoxy) is 1. The minimum absolute atomic E-state index is 0.567. The summed E-state index contributed by atoms with van der Waals surface area (Å²) < 4.78 is 5.92. The first kappa shape index (κ1) is 17.5. The molecule has 0 aromatic heterocycles. The van der Waals surface area contributed by atoms with E-state index in [1.807, 2.05) is 42.5 Å². The fraction of sp³-hybridized carbons (Fsp3) is 0.381. The number of nitrogens with two attached hydrogens (primary N) is 1. The van der Waals surface area contributed by atoms with Crippen LogP contribution in [0.2, 0.25) is 0 Å². The SMILES string of the molecule is N#Cc1ccc(COCC2CCCN(Cc3ccccc3N)C2)cc1. The number of anilines is 1. The van der Waals surface area contributed by atoms with E-state index >= 15 is 0 Å². The van der Waals surface area contributed by atoms with E-state index in [-0.39, 0.29) is 0 Å². The van der Waals surface area contributed by atoms with E-state index in [2.05, 4.69) is 17.0 Å². The van der Waals surface area contributed by atoms with Gasteiger partial charge in [0.25, 0.3) is 0 Å². The van der Waals surface area contributed by atoms with Gasteiger partial charge in [0.1, 0.15) is 0 Å². The highest BCUT2D eigenvalue weighted by Gasteiger charge is 2.20. The molecule has 0 spiro atoms. The molecular formula is C21H25N3O. The molecule has 0 saturated carbocycles. The van der Waals surface area contributed by atoms with Crippen LogP contribution >= 0.6 is 0 Å². The summed E-state index contributed by atoms with van der Waals surface area (Å²) in [7, 11) is 0. The first-order valence-corrected chi connectivity index (χ1v) is 8.87. The van der Waals surface area contributed by atoms with Gasteiger partial charge in [-0.2, -0.15) is 5.26 Å². The third kappa shape index (κ3) is 5.06. The Balaban J connectivity index is 1.45. The fourth-order valence-electron chi connectivity index (χ4n) is 3.37. The normalized spacial score (nSPS) is 18.0. The van der Waals surface area contributed by atoms with E-state index in [4.69, 9.17) is 15.7 Å². The maximum atomic E-state index is 8.83. The van der Waals surface area contributed by atoms with Crippen LogP contribution in [0.1, 0.15) is 29.5 Å². The largest absolute Gasteiger partial charge is 0.398 e. The number of likely N-dealkylation sites (tertiary alicyclic amines) is 1. The van der Waals surface area contributed by atoms with Gasteiger partial charge in [0.15, 0.2) is 0 Å². The monoisotopic (exact) mass is 335 g/mol. The molecule has 0 aliphatic carbocycles. The summed E-state index contributed by atoms with van der Waals surface area (Å²) in [6, 6.07) is 17.8. The predicted octanol–water partition coefficient (Wildman–Crippen LogP) is 3.57. The molecule has 1 saturated heterocycles. The lowest BCUT2D eigenvalue weighted by molar-refractivity contribution is 0.0497. The second-order valence-electron chi connectivity index (χ2n) is 6.77. The van der Waals surface area contributed by atoms with Crippen molar-refractivity contribution in [3.63, 3.8) is 0 Å². The Morgan fingerprint density at radius 2 is 1.96 bits per heavy atom. The molecule has 0 amide bonds. The summed E-state index contributed by atoms with van der Waals surface area (Å²) in [4.78, 5) is 2.48. The lowest BCUT2D eigenvalue weighted by Gasteiger charge is -2.32. The Morgan fingerprint density at radius 3 is 2.72 bits per heavy atom. The molecule has 1 atom stereocenters. The van der Waals surface area contributed by atoms with Crippen LogP contribution in [0.15, 0.2) is 48.5 Å². The van der Waals surface area contributed by atoms with Gasteiger partial charge in [0.05, 0.1) is 24.8 Å². The average Bonchev–Trinajstić information content (AvgIpc) is 2.65. The highest BCUT2D eigenvalue weighted by molar-refractivity contribution is 5.46. The van der Waals surface area contributed by atoms with Crippen molar-refractivity contribution in [3.8, 4) is 6.07 Å². The average molecular weight is 335 g/mol. The van der Waals surface area contributed by atoms with E-state index in [1.165, 1.54) is 18.4 Å². The number of hydrogen-bond donors (Lipinski definition) is 1. The molecule has 1 aliphatic rings. The lowest BCUT2D eigenvalue weighted by atomic mass is 9.98. The number of rotatable bonds is 6. The van der Waals surface area contributed by atoms with Crippen LogP contribution in [0, 0.1) is 17.2 Å². The third-order valence-electron chi connectivity index (χ3n) is 4.76. The van der Waals surface area contributed by atoms with Crippen molar-refractivity contribution < 1.29 is 4.74 Å². The number of benzene rings is 2. The Hall–Kier alpha value is -2.35. The maximum Gasteiger partial charge on any atom is 0.0991 e. The Bertz CT molecular complexity index is 721. The zero-order valence-electron chi connectivity index (χ0n) is 14.5. The molecule has 0 bridgehead atoms. The van der Waals surface area contributed by atoms with Gasteiger partial charge >= 0.3 is 0 Å². The van der Waals surface area contributed by atoms with E-state index in [9.17, 15) is 0 Å². The first-order valence-electron chi connectivity index (χ1n) is 8.87. The summed E-state index contributed by atoms with van der Waals surface area (Å²) >= 11 is 0. The van der Waals surface area contributed by atoms with Gasteiger partial charge in [-0.05, 0) is 54.6 Å². The zero-order valence-corrected chi connectivity index (χ0v) is 14.5. The molecule has 2 aromatic rings. The molecule has 3 rings (SSSR count). The molecule has 1 unspecified atom stereocenters. The molecule has 130 valence electrons. The molecule has 2 N–H and O–H groups in total. The van der Waals surface area contributed by atoms with Crippen LogP contribution in [0.25, 0.3) is 0 Å². The Kier molecular flexibility index (Phi) is 6.05. The van der Waals surface area contributed by atoms with Gasteiger partial charge in [0, 0.05) is 18.8 Å². The minimum Gasteiger partial charge on any atom is -0.398 e. The van der Waals surface area contributed by atoms with E-state index in [1.54, 1.807) is 0 Å². The van der Waals surface area contributed by atoms with Crippen molar-refractivity contribution in [2.45, 2.75) is 26.0 Å². The maximum absolute atomic E-state index is 8.83. The number of nitrogens with zero attached hydrogens (tertiary/aromatic N) is 2. The van der Waals surface area contributed by atoms with E-state index in [0.717, 1.165) is 37.5 Å². The van der Waals surface area contributed by atoms with E-state index < -0.39 is 0 Å².